The maximum absolute atomic E-state index is 11.3. The molecule has 1 aromatic rings. The number of carbonyl (C=O) groups excluding carboxylic acids is 1. The molecule has 1 rings (SSSR count). The molecule has 14 heavy (non-hydrogen) atoms. The molecule has 0 saturated carbocycles. The fraction of sp³-hybridized carbons (Fsp3) is 0.364. The van der Waals surface area contributed by atoms with Gasteiger partial charge in [-0.1, -0.05) is 31.5 Å². The van der Waals surface area contributed by atoms with Crippen LogP contribution in [-0.2, 0) is 4.74 Å². The van der Waals surface area contributed by atoms with Crippen LogP contribution < -0.4 is 0 Å². The van der Waals surface area contributed by atoms with Crippen LogP contribution in [0.1, 0.15) is 30.1 Å². The van der Waals surface area contributed by atoms with Gasteiger partial charge in [-0.3, -0.25) is 0 Å². The second kappa shape index (κ2) is 8.36. The molecule has 0 spiro atoms. The Bertz CT molecular complexity index is 259. The average Bonchev–Trinajstić information content (AvgIpc) is 2.19. The number of rotatable bonds is 4. The zero-order valence-electron chi connectivity index (χ0n) is 8.32. The number of ether oxygens (including phenoxy) is 1. The summed E-state index contributed by atoms with van der Waals surface area (Å²) in [5.41, 5.74) is 0.624. The summed E-state index contributed by atoms with van der Waals surface area (Å²) in [6.45, 7) is 2.58. The summed E-state index contributed by atoms with van der Waals surface area (Å²) in [4.78, 5) is 11.3. The van der Waals surface area contributed by atoms with E-state index in [9.17, 15) is 4.79 Å². The predicted molar refractivity (Wildman–Crippen MR) is 51.6 cm³/mol. The van der Waals surface area contributed by atoms with Gasteiger partial charge in [0.25, 0.3) is 0 Å². The number of carbonyl (C=O) groups is 1. The molecule has 0 unspecified atom stereocenters. The SMILES string of the molecule is CCCCOC(=O)c1ccccc1.[Nd]. The van der Waals surface area contributed by atoms with Gasteiger partial charge in [-0.2, -0.15) is 0 Å². The van der Waals surface area contributed by atoms with E-state index in [-0.39, 0.29) is 46.8 Å². The monoisotopic (exact) mass is 320 g/mol. The van der Waals surface area contributed by atoms with Gasteiger partial charge in [0.05, 0.1) is 12.2 Å². The summed E-state index contributed by atoms with van der Waals surface area (Å²) in [6, 6.07) is 9.05. The zero-order chi connectivity index (χ0) is 9.52. The van der Waals surface area contributed by atoms with Crippen LogP contribution in [0.2, 0.25) is 0 Å². The van der Waals surface area contributed by atoms with E-state index in [2.05, 4.69) is 6.92 Å². The molecule has 0 fully saturated rings. The third kappa shape index (κ3) is 5.05. The number of hydrogen-bond acceptors (Lipinski definition) is 2. The van der Waals surface area contributed by atoms with Crippen molar-refractivity contribution in [3.05, 3.63) is 35.9 Å². The van der Waals surface area contributed by atoms with Crippen LogP contribution in [0.3, 0.4) is 0 Å². The quantitative estimate of drug-likeness (QED) is 0.629. The summed E-state index contributed by atoms with van der Waals surface area (Å²) in [5, 5.41) is 0. The Kier molecular flexibility index (Phi) is 8.38. The van der Waals surface area contributed by atoms with Crippen molar-refractivity contribution in [3.8, 4) is 0 Å². The second-order valence-corrected chi connectivity index (χ2v) is 2.86. The van der Waals surface area contributed by atoms with Crippen molar-refractivity contribution >= 4 is 5.97 Å². The van der Waals surface area contributed by atoms with Gasteiger partial charge in [0.1, 0.15) is 0 Å². The number of benzene rings is 1. The van der Waals surface area contributed by atoms with E-state index >= 15 is 0 Å². The molecule has 2 nitrogen and oxygen atoms in total. The van der Waals surface area contributed by atoms with Gasteiger partial charge >= 0.3 is 5.97 Å². The van der Waals surface area contributed by atoms with Crippen molar-refractivity contribution in [1.29, 1.82) is 0 Å². The summed E-state index contributed by atoms with van der Waals surface area (Å²) >= 11 is 0. The summed E-state index contributed by atoms with van der Waals surface area (Å²) in [7, 11) is 0. The van der Waals surface area contributed by atoms with E-state index in [0.29, 0.717) is 12.2 Å². The van der Waals surface area contributed by atoms with Gasteiger partial charge in [-0.15, -0.1) is 0 Å². The Balaban J connectivity index is 0.00000169. The predicted octanol–water partition coefficient (Wildman–Crippen LogP) is 2.64. The molecular formula is C11H14NdO2. The van der Waals surface area contributed by atoms with Gasteiger partial charge < -0.3 is 4.74 Å². The van der Waals surface area contributed by atoms with Gasteiger partial charge in [0.15, 0.2) is 0 Å². The van der Waals surface area contributed by atoms with Crippen LogP contribution in [0.5, 0.6) is 0 Å². The molecule has 0 saturated heterocycles. The average molecular weight is 322 g/mol. The zero-order valence-corrected chi connectivity index (χ0v) is 11.5. The molecule has 0 heterocycles. The third-order valence-electron chi connectivity index (χ3n) is 1.74. The third-order valence-corrected chi connectivity index (χ3v) is 1.74. The first-order valence-electron chi connectivity index (χ1n) is 4.56. The molecule has 0 aliphatic rings. The minimum Gasteiger partial charge on any atom is -0.462 e. The summed E-state index contributed by atoms with van der Waals surface area (Å²) < 4.78 is 5.03. The van der Waals surface area contributed by atoms with E-state index in [1.165, 1.54) is 0 Å². The molecule has 0 atom stereocenters. The molecule has 0 amide bonds. The van der Waals surface area contributed by atoms with Crippen LogP contribution in [-0.4, -0.2) is 12.6 Å². The number of unbranched alkanes of at least 4 members (excludes halogenated alkanes) is 1. The van der Waals surface area contributed by atoms with E-state index in [1.54, 1.807) is 12.1 Å². The number of hydrogen-bond donors (Lipinski definition) is 0. The van der Waals surface area contributed by atoms with E-state index in [0.717, 1.165) is 12.8 Å². The summed E-state index contributed by atoms with van der Waals surface area (Å²) in [6.07, 6.45) is 1.97. The van der Waals surface area contributed by atoms with E-state index < -0.39 is 0 Å². The molecule has 3 heteroatoms. The van der Waals surface area contributed by atoms with Crippen molar-refractivity contribution in [1.82, 2.24) is 0 Å². The fourth-order valence-electron chi connectivity index (χ4n) is 0.967. The van der Waals surface area contributed by atoms with Crippen LogP contribution in [0, 0.1) is 40.8 Å². The van der Waals surface area contributed by atoms with Crippen LogP contribution in [0.25, 0.3) is 0 Å². The smallest absolute Gasteiger partial charge is 0.338 e. The molecule has 74 valence electrons. The van der Waals surface area contributed by atoms with Crippen molar-refractivity contribution in [3.63, 3.8) is 0 Å². The van der Waals surface area contributed by atoms with Gasteiger partial charge in [-0.05, 0) is 18.6 Å². The molecule has 0 aliphatic carbocycles. The first-order chi connectivity index (χ1) is 6.34. The molecular weight excluding hydrogens is 308 g/mol. The maximum Gasteiger partial charge on any atom is 0.338 e. The Morgan fingerprint density at radius 2 is 1.93 bits per heavy atom. The van der Waals surface area contributed by atoms with Gasteiger partial charge in [0, 0.05) is 40.8 Å². The normalized spacial score (nSPS) is 8.93. The van der Waals surface area contributed by atoms with Crippen molar-refractivity contribution in [2.45, 2.75) is 19.8 Å². The topological polar surface area (TPSA) is 26.3 Å². The van der Waals surface area contributed by atoms with E-state index in [4.69, 9.17) is 4.74 Å². The van der Waals surface area contributed by atoms with Crippen molar-refractivity contribution < 1.29 is 50.4 Å². The molecule has 0 aromatic heterocycles. The van der Waals surface area contributed by atoms with Crippen LogP contribution in [0.15, 0.2) is 30.3 Å². The first-order valence-corrected chi connectivity index (χ1v) is 4.56. The molecule has 1 aromatic carbocycles. The van der Waals surface area contributed by atoms with Gasteiger partial charge in [-0.25, -0.2) is 4.79 Å². The van der Waals surface area contributed by atoms with Gasteiger partial charge in [0.2, 0.25) is 0 Å². The summed E-state index contributed by atoms with van der Waals surface area (Å²) in [5.74, 6) is -0.228. The Hall–Kier alpha value is 0.0406. The van der Waals surface area contributed by atoms with Crippen molar-refractivity contribution in [2.75, 3.05) is 6.61 Å². The number of esters is 1. The molecule has 0 bridgehead atoms. The standard InChI is InChI=1S/C11H14O2.Nd/c1-2-3-9-13-11(12)10-7-5-4-6-8-10;/h4-8H,2-3,9H2,1H3;. The Morgan fingerprint density at radius 3 is 2.50 bits per heavy atom. The molecule has 0 radical (unpaired) electrons. The Labute approximate surface area is 118 Å². The van der Waals surface area contributed by atoms with Crippen LogP contribution in [0.4, 0.5) is 0 Å². The largest absolute Gasteiger partial charge is 0.462 e. The first kappa shape index (κ1) is 14.0. The van der Waals surface area contributed by atoms with Crippen molar-refractivity contribution in [2.24, 2.45) is 0 Å². The molecule has 0 aliphatic heterocycles. The fourth-order valence-corrected chi connectivity index (χ4v) is 0.967. The molecule has 0 N–H and O–H groups in total. The second-order valence-electron chi connectivity index (χ2n) is 2.86. The minimum absolute atomic E-state index is 0. The van der Waals surface area contributed by atoms with E-state index in [1.807, 2.05) is 18.2 Å². The minimum atomic E-state index is -0.228. The maximum atomic E-state index is 11.3. The Morgan fingerprint density at radius 1 is 1.29 bits per heavy atom. The van der Waals surface area contributed by atoms with Crippen LogP contribution >= 0.6 is 0 Å².